The van der Waals surface area contributed by atoms with E-state index in [1.54, 1.807) is 53.7 Å². The summed E-state index contributed by atoms with van der Waals surface area (Å²) in [6.07, 6.45) is 10.4. The summed E-state index contributed by atoms with van der Waals surface area (Å²) in [7, 11) is -6.94. The third kappa shape index (κ3) is 114. The lowest BCUT2D eigenvalue weighted by atomic mass is 10.1. The first kappa shape index (κ1) is 148. The molecule has 0 spiro atoms. The van der Waals surface area contributed by atoms with E-state index in [0.29, 0.717) is 214 Å². The maximum absolute atomic E-state index is 11.7. The van der Waals surface area contributed by atoms with E-state index in [2.05, 4.69) is 21.3 Å². The van der Waals surface area contributed by atoms with Crippen molar-refractivity contribution in [1.29, 1.82) is 0 Å². The average molecular weight is 2090 g/mol. The molecule has 0 saturated carbocycles. The molecule has 141 heavy (non-hydrogen) atoms. The molecule has 0 heterocycles. The number of carbonyl (C=O) groups excluding carboxylic acids is 11. The Hall–Kier alpha value is -8.03. The van der Waals surface area contributed by atoms with Crippen LogP contribution in [0.5, 0.6) is 0 Å². The Balaban J connectivity index is -0.000000241. The predicted octanol–water partition coefficient (Wildman–Crippen LogP) is 9.15. The smallest absolute Gasteiger partial charge is 0.326 e. The lowest BCUT2D eigenvalue weighted by Gasteiger charge is -2.21. The van der Waals surface area contributed by atoms with E-state index < -0.39 is 71.7 Å². The number of benzene rings is 1. The molecule has 1 aromatic rings. The van der Waals surface area contributed by atoms with Gasteiger partial charge in [-0.2, -0.15) is 0 Å². The zero-order chi connectivity index (χ0) is 107. The Labute approximate surface area is 842 Å². The quantitative estimate of drug-likeness (QED) is 0.0274. The largest absolute Gasteiger partial charge is 0.481 e. The number of amides is 7. The number of hydrogen-bond acceptors (Lipinski definition) is 32. The second kappa shape index (κ2) is 106. The van der Waals surface area contributed by atoms with Crippen molar-refractivity contribution in [2.75, 3.05) is 202 Å². The molecule has 2 atom stereocenters. The Kier molecular flexibility index (Phi) is 112. The van der Waals surface area contributed by atoms with Gasteiger partial charge in [0.05, 0.1) is 116 Å². The summed E-state index contributed by atoms with van der Waals surface area (Å²) in [6.45, 7) is 39.9. The molecule has 828 valence electrons. The van der Waals surface area contributed by atoms with Gasteiger partial charge in [-0.15, -0.1) is 0 Å². The molecular formula is C96H181N7O35S3. The van der Waals surface area contributed by atoms with E-state index in [1.165, 1.54) is 0 Å². The summed E-state index contributed by atoms with van der Waals surface area (Å²) in [4.78, 5) is 158. The number of nitrogens with zero attached hydrogens (tertiary/aromatic N) is 1. The molecule has 1 rings (SSSR count). The Bertz CT molecular complexity index is 3670. The second-order valence-corrected chi connectivity index (χ2v) is 36.6. The van der Waals surface area contributed by atoms with Crippen molar-refractivity contribution in [3.8, 4) is 0 Å². The highest BCUT2D eigenvalue weighted by Crippen LogP contribution is 2.12. The summed E-state index contributed by atoms with van der Waals surface area (Å²) in [6, 6.07) is 5.90. The lowest BCUT2D eigenvalue weighted by Crippen LogP contribution is -2.40. The molecule has 0 saturated heterocycles. The number of aryl methyl sites for hydroxylation is 1. The molecule has 42 nitrogen and oxygen atoms in total. The van der Waals surface area contributed by atoms with Crippen LogP contribution in [0.25, 0.3) is 0 Å². The molecule has 0 aliphatic rings. The first-order valence-electron chi connectivity index (χ1n) is 48.8. The van der Waals surface area contributed by atoms with Gasteiger partial charge in [-0.05, 0) is 90.5 Å². The second-order valence-electron chi connectivity index (χ2n) is 30.7. The number of unbranched alkanes of at least 4 members (excludes halogenated alkanes) is 1. The van der Waals surface area contributed by atoms with Gasteiger partial charge in [0.1, 0.15) is 45.1 Å². The number of hydrogen-bond donors (Lipinski definition) is 9. The number of aliphatic carboxylic acids is 3. The summed E-state index contributed by atoms with van der Waals surface area (Å²) in [5, 5.41) is 36.9. The molecule has 0 aliphatic carbocycles. The van der Waals surface area contributed by atoms with Crippen molar-refractivity contribution < 1.29 is 165 Å². The van der Waals surface area contributed by atoms with Gasteiger partial charge in [0.15, 0.2) is 0 Å². The minimum Gasteiger partial charge on any atom is -0.481 e. The molecule has 0 fully saturated rings. The van der Waals surface area contributed by atoms with Gasteiger partial charge in [0.25, 0.3) is 0 Å². The first-order valence-corrected chi connectivity index (χ1v) is 53.9. The minimum atomic E-state index is -3.70. The number of methoxy groups -OCH3 is 2. The maximum atomic E-state index is 11.7. The number of carboxylic acid groups (broad SMARTS) is 3. The zero-order valence-electron chi connectivity index (χ0n) is 86.8. The Morgan fingerprint density at radius 1 is 0.333 bits per heavy atom. The fraction of sp³-hybridized carbons (Fsp3) is 0.792. The van der Waals surface area contributed by atoms with Gasteiger partial charge >= 0.3 is 17.9 Å². The number of ketones is 4. The maximum Gasteiger partial charge on any atom is 0.326 e. The lowest BCUT2D eigenvalue weighted by molar-refractivity contribution is -0.142. The van der Waals surface area contributed by atoms with Crippen molar-refractivity contribution >= 4 is 112 Å². The standard InChI is InChI=1S/C16H29NO6.C14H27NO6S.C14H25NO6.C14H19NO3.C12H23NO6S.2C9H19NO3.C7H16O2S.CH4/c1-3-9-22-11-12-23-10-5-6-13(18)7-8-14(16(20)21)17-15(19)4-2;1-3-8-20-10-11-21-9-5-6-13(16)7-12-22(18,19)15-14(17)4-2;1-3-13(17)15-12(14(18)19)7-6-11(16)5-4-8-21-10-9-20-2;1-3-13(16)15(9-8-14(17)18)10-12-6-4-11(2)5-7-12;1-3-12(15)13-20(16,17)10-6-11(14)5-4-7-19-9-8-18-2;2*1-3-9(11)10-5-6-13-8-7-12-4-2;1-3-5-7-10(8,9)6-4-2;/h14H,3-12H2,1-2H3,(H,17,19)(H,20,21);3-12H2,1-2H3,(H,15,17);12H,3-10H2,1-2H3,(H,15,17)(H,18,19);4-7H,3,8-10H2,1-2H3,(H,17,18);3-10H2,1-2H3,(H,13,15);2*3-8H2,1-2H3,(H,10,11);3-7H2,1-2H3;1H4. The van der Waals surface area contributed by atoms with Gasteiger partial charge in [-0.1, -0.05) is 120 Å². The fourth-order valence-electron chi connectivity index (χ4n) is 10.2. The van der Waals surface area contributed by atoms with Crippen LogP contribution in [0.4, 0.5) is 0 Å². The normalized spacial score (nSPS) is 11.1. The van der Waals surface area contributed by atoms with Gasteiger partial charge in [-0.3, -0.25) is 67.0 Å². The molecular weight excluding hydrogens is 1910 g/mol. The van der Waals surface area contributed by atoms with Crippen molar-refractivity contribution in [2.45, 2.75) is 296 Å². The van der Waals surface area contributed by atoms with Crippen LogP contribution in [-0.2, 0) is 160 Å². The number of sulfone groups is 1. The first-order chi connectivity index (χ1) is 66.6. The number of sulfonamides is 2. The number of nitrogens with one attached hydrogen (secondary N) is 6. The van der Waals surface area contributed by atoms with E-state index in [9.17, 15) is 92.4 Å². The number of carboxylic acids is 3. The number of Topliss-reactive ketones (excluding diaryl/α,β-unsaturated/α-hetero) is 4. The highest BCUT2D eigenvalue weighted by atomic mass is 32.2. The predicted molar refractivity (Wildman–Crippen MR) is 539 cm³/mol. The highest BCUT2D eigenvalue weighted by molar-refractivity contribution is 7.91. The van der Waals surface area contributed by atoms with Crippen LogP contribution >= 0.6 is 0 Å². The molecule has 0 bridgehead atoms. The summed E-state index contributed by atoms with van der Waals surface area (Å²) in [5.41, 5.74) is 2.19. The number of carbonyl (C=O) groups is 14. The van der Waals surface area contributed by atoms with Crippen LogP contribution in [0.1, 0.15) is 282 Å². The Morgan fingerprint density at radius 3 is 0.943 bits per heavy atom. The molecule has 45 heteroatoms. The van der Waals surface area contributed by atoms with Crippen LogP contribution in [-0.4, -0.2) is 342 Å². The van der Waals surface area contributed by atoms with Crippen molar-refractivity contribution in [3.63, 3.8) is 0 Å². The van der Waals surface area contributed by atoms with E-state index in [-0.39, 0.29) is 162 Å². The third-order valence-corrected chi connectivity index (χ3v) is 22.6. The van der Waals surface area contributed by atoms with Crippen LogP contribution in [0, 0.1) is 6.92 Å². The van der Waals surface area contributed by atoms with Crippen molar-refractivity contribution in [3.05, 3.63) is 35.4 Å². The van der Waals surface area contributed by atoms with Crippen LogP contribution in [0.3, 0.4) is 0 Å². The van der Waals surface area contributed by atoms with E-state index in [0.717, 1.165) is 63.1 Å². The highest BCUT2D eigenvalue weighted by Gasteiger charge is 2.23. The molecule has 1 aromatic carbocycles. The van der Waals surface area contributed by atoms with Crippen molar-refractivity contribution in [2.24, 2.45) is 0 Å². The van der Waals surface area contributed by atoms with Gasteiger partial charge < -0.3 is 98.3 Å². The van der Waals surface area contributed by atoms with Crippen LogP contribution < -0.4 is 30.7 Å². The molecule has 0 aliphatic heterocycles. The molecule has 2 unspecified atom stereocenters. The molecule has 0 aromatic heterocycles. The van der Waals surface area contributed by atoms with Crippen LogP contribution in [0.15, 0.2) is 24.3 Å². The number of rotatable bonds is 81. The molecule has 7 amide bonds. The summed E-state index contributed by atoms with van der Waals surface area (Å²) < 4.78 is 133. The fourth-order valence-corrected chi connectivity index (χ4v) is 13.9. The van der Waals surface area contributed by atoms with Gasteiger partial charge in [0, 0.05) is 195 Å². The van der Waals surface area contributed by atoms with Gasteiger partial charge in [-0.25, -0.2) is 34.8 Å². The molecule has 9 N–H and O–H groups in total. The van der Waals surface area contributed by atoms with Gasteiger partial charge in [0.2, 0.25) is 61.4 Å². The van der Waals surface area contributed by atoms with E-state index in [1.807, 2.05) is 96.0 Å². The summed E-state index contributed by atoms with van der Waals surface area (Å²) in [5.74, 6) is -5.14. The molecule has 0 radical (unpaired) electrons. The summed E-state index contributed by atoms with van der Waals surface area (Å²) >= 11 is 0. The van der Waals surface area contributed by atoms with E-state index >= 15 is 0 Å². The zero-order valence-corrected chi connectivity index (χ0v) is 89.3. The topological polar surface area (TPSA) is 588 Å². The van der Waals surface area contributed by atoms with Crippen molar-refractivity contribution in [1.82, 2.24) is 35.6 Å². The SMILES string of the molecule is C.CCC(=O)N(CCC(=O)O)Cc1ccc(C)cc1.CCC(=O)NC(CCC(=O)CCCOCCOC)C(=O)O.CCC(=O)NS(=O)(=O)CCC(=O)CCCOCCOC.CCCCS(=O)(=O)CCC.CCCOCCOCCCC(=O)CCC(NC(=O)CC)C(=O)O.CCCOCCOCCCC(=O)CCS(=O)(=O)NC(=O)CC.CCOCCOCCNC(=O)CC.CCOCCOCCNC(=O)CC. The minimum absolute atomic E-state index is 0. The Morgan fingerprint density at radius 2 is 0.652 bits per heavy atom. The third-order valence-electron chi connectivity index (χ3n) is 18.1. The number of ether oxygens (including phenoxy) is 12. The van der Waals surface area contributed by atoms with Crippen LogP contribution in [0.2, 0.25) is 0 Å². The average Bonchev–Trinajstić information content (AvgIpc) is 0.859. The van der Waals surface area contributed by atoms with E-state index in [4.69, 9.17) is 72.2 Å². The monoisotopic (exact) mass is 2090 g/mol.